The van der Waals surface area contributed by atoms with E-state index in [-0.39, 0.29) is 12.5 Å². The van der Waals surface area contributed by atoms with Gasteiger partial charge in [-0.05, 0) is 36.4 Å². The third-order valence-corrected chi connectivity index (χ3v) is 4.22. The molecule has 1 unspecified atom stereocenters. The van der Waals surface area contributed by atoms with Crippen LogP contribution in [0.15, 0.2) is 16.8 Å². The summed E-state index contributed by atoms with van der Waals surface area (Å²) in [6.07, 6.45) is 1.53. The number of nitrogens with zero attached hydrogens (tertiary/aromatic N) is 5. The van der Waals surface area contributed by atoms with Gasteiger partial charge in [0, 0.05) is 24.0 Å². The van der Waals surface area contributed by atoms with E-state index in [0.29, 0.717) is 18.9 Å². The fraction of sp³-hybridized carbons (Fsp3) is 0.538. The lowest BCUT2D eigenvalue weighted by atomic mass is 9.95. The molecule has 8 heteroatoms. The summed E-state index contributed by atoms with van der Waals surface area (Å²) in [5.41, 5.74) is 0.102. The van der Waals surface area contributed by atoms with Crippen molar-refractivity contribution in [3.63, 3.8) is 0 Å². The number of likely N-dealkylation sites (tertiary alicyclic amines) is 1. The second-order valence-electron chi connectivity index (χ2n) is 5.57. The predicted octanol–water partition coefficient (Wildman–Crippen LogP) is 0.775. The number of hydrogen-bond acceptors (Lipinski definition) is 6. The van der Waals surface area contributed by atoms with Crippen molar-refractivity contribution >= 4 is 17.2 Å². The van der Waals surface area contributed by atoms with Crippen LogP contribution in [0, 0.1) is 0 Å². The SMILES string of the molecule is CC1(O)CCCN(C(=O)Cn2nnc(-c3ccsc3)n2)C1. The lowest BCUT2D eigenvalue weighted by Gasteiger charge is -2.36. The number of thiophene rings is 1. The molecule has 1 amide bonds. The van der Waals surface area contributed by atoms with Gasteiger partial charge in [-0.25, -0.2) is 0 Å². The normalized spacial score (nSPS) is 22.5. The number of aromatic nitrogens is 4. The van der Waals surface area contributed by atoms with Crippen molar-refractivity contribution in [1.82, 2.24) is 25.1 Å². The number of amides is 1. The molecule has 112 valence electrons. The van der Waals surface area contributed by atoms with E-state index in [4.69, 9.17) is 0 Å². The molecule has 1 saturated heterocycles. The molecule has 1 aliphatic rings. The zero-order valence-electron chi connectivity index (χ0n) is 11.8. The average Bonchev–Trinajstić information content (AvgIpc) is 3.07. The van der Waals surface area contributed by atoms with Crippen LogP contribution in [0.5, 0.6) is 0 Å². The van der Waals surface area contributed by atoms with Crippen LogP contribution in [-0.4, -0.2) is 54.8 Å². The molecular weight excluding hydrogens is 290 g/mol. The van der Waals surface area contributed by atoms with Crippen LogP contribution in [0.1, 0.15) is 19.8 Å². The maximum absolute atomic E-state index is 12.2. The first-order chi connectivity index (χ1) is 10.0. The van der Waals surface area contributed by atoms with Gasteiger partial charge in [0.2, 0.25) is 11.7 Å². The number of aliphatic hydroxyl groups is 1. The predicted molar refractivity (Wildman–Crippen MR) is 77.6 cm³/mol. The Balaban J connectivity index is 1.65. The Labute approximate surface area is 126 Å². The first-order valence-corrected chi connectivity index (χ1v) is 7.78. The summed E-state index contributed by atoms with van der Waals surface area (Å²) in [4.78, 5) is 15.2. The molecule has 0 radical (unpaired) electrons. The molecule has 3 heterocycles. The average molecular weight is 307 g/mol. The number of hydrogen-bond donors (Lipinski definition) is 1. The number of rotatable bonds is 3. The van der Waals surface area contributed by atoms with E-state index in [0.717, 1.165) is 18.4 Å². The van der Waals surface area contributed by atoms with Crippen LogP contribution in [0.3, 0.4) is 0 Å². The monoisotopic (exact) mass is 307 g/mol. The van der Waals surface area contributed by atoms with Crippen LogP contribution >= 0.6 is 11.3 Å². The lowest BCUT2D eigenvalue weighted by molar-refractivity contribution is -0.138. The third kappa shape index (κ3) is 3.27. The Hall–Kier alpha value is -1.80. The van der Waals surface area contributed by atoms with Gasteiger partial charge in [0.1, 0.15) is 6.54 Å². The largest absolute Gasteiger partial charge is 0.388 e. The summed E-state index contributed by atoms with van der Waals surface area (Å²) >= 11 is 1.56. The highest BCUT2D eigenvalue weighted by Crippen LogP contribution is 2.20. The Morgan fingerprint density at radius 1 is 1.57 bits per heavy atom. The molecule has 21 heavy (non-hydrogen) atoms. The minimum atomic E-state index is -0.800. The van der Waals surface area contributed by atoms with E-state index in [9.17, 15) is 9.90 Å². The first-order valence-electron chi connectivity index (χ1n) is 6.84. The Morgan fingerprint density at radius 3 is 3.14 bits per heavy atom. The van der Waals surface area contributed by atoms with Crippen LogP contribution in [0.25, 0.3) is 11.4 Å². The van der Waals surface area contributed by atoms with Crippen molar-refractivity contribution in [2.45, 2.75) is 31.9 Å². The summed E-state index contributed by atoms with van der Waals surface area (Å²) in [5.74, 6) is 0.430. The summed E-state index contributed by atoms with van der Waals surface area (Å²) in [6, 6.07) is 1.91. The smallest absolute Gasteiger partial charge is 0.246 e. The number of carbonyl (C=O) groups excluding carboxylic acids is 1. The minimum absolute atomic E-state index is 0.0488. The fourth-order valence-corrected chi connectivity index (χ4v) is 3.11. The molecule has 2 aromatic rings. The molecule has 0 spiro atoms. The standard InChI is InChI=1S/C13H17N5O2S/c1-13(20)4-2-5-17(9-13)11(19)7-18-15-12(14-16-18)10-3-6-21-8-10/h3,6,8,20H,2,4-5,7,9H2,1H3. The highest BCUT2D eigenvalue weighted by Gasteiger charge is 2.31. The molecular formula is C13H17N5O2S. The fourth-order valence-electron chi connectivity index (χ4n) is 2.47. The number of piperidine rings is 1. The molecule has 0 bridgehead atoms. The number of β-amino-alcohol motifs (C(OH)–C–C–N with tert-alkyl or cyclic N) is 1. The Morgan fingerprint density at radius 2 is 2.43 bits per heavy atom. The van der Waals surface area contributed by atoms with Gasteiger partial charge in [-0.1, -0.05) is 0 Å². The quantitative estimate of drug-likeness (QED) is 0.905. The van der Waals surface area contributed by atoms with Gasteiger partial charge >= 0.3 is 0 Å². The maximum Gasteiger partial charge on any atom is 0.246 e. The zero-order chi connectivity index (χ0) is 14.9. The molecule has 2 aromatic heterocycles. The molecule has 0 aromatic carbocycles. The van der Waals surface area contributed by atoms with Gasteiger partial charge in [0.15, 0.2) is 0 Å². The van der Waals surface area contributed by atoms with Crippen LogP contribution in [-0.2, 0) is 11.3 Å². The summed E-state index contributed by atoms with van der Waals surface area (Å²) in [5, 5.41) is 26.0. The van der Waals surface area contributed by atoms with Gasteiger partial charge in [-0.3, -0.25) is 4.79 Å². The van der Waals surface area contributed by atoms with Gasteiger partial charge < -0.3 is 10.0 Å². The third-order valence-electron chi connectivity index (χ3n) is 3.54. The van der Waals surface area contributed by atoms with Gasteiger partial charge in [-0.15, -0.1) is 10.2 Å². The van der Waals surface area contributed by atoms with E-state index < -0.39 is 5.60 Å². The molecule has 1 fully saturated rings. The van der Waals surface area contributed by atoms with Gasteiger partial charge in [0.05, 0.1) is 5.60 Å². The topological polar surface area (TPSA) is 84.1 Å². The molecule has 1 atom stereocenters. The highest BCUT2D eigenvalue weighted by atomic mass is 32.1. The van der Waals surface area contributed by atoms with Crippen molar-refractivity contribution < 1.29 is 9.90 Å². The van der Waals surface area contributed by atoms with Crippen molar-refractivity contribution in [3.8, 4) is 11.4 Å². The molecule has 0 saturated carbocycles. The molecule has 0 aliphatic carbocycles. The van der Waals surface area contributed by atoms with Gasteiger partial charge in [-0.2, -0.15) is 16.1 Å². The first kappa shape index (κ1) is 14.2. The van der Waals surface area contributed by atoms with E-state index in [1.54, 1.807) is 23.2 Å². The molecule has 1 N–H and O–H groups in total. The summed E-state index contributed by atoms with van der Waals surface area (Å²) < 4.78 is 0. The van der Waals surface area contributed by atoms with Crippen LogP contribution in [0.4, 0.5) is 0 Å². The van der Waals surface area contributed by atoms with E-state index in [1.165, 1.54) is 4.80 Å². The highest BCUT2D eigenvalue weighted by molar-refractivity contribution is 7.08. The Kier molecular flexibility index (Phi) is 3.73. The molecule has 3 rings (SSSR count). The van der Waals surface area contributed by atoms with E-state index in [2.05, 4.69) is 15.4 Å². The second kappa shape index (κ2) is 5.53. The summed E-state index contributed by atoms with van der Waals surface area (Å²) in [6.45, 7) is 2.83. The van der Waals surface area contributed by atoms with Crippen LogP contribution in [0.2, 0.25) is 0 Å². The number of tetrazole rings is 1. The lowest BCUT2D eigenvalue weighted by Crippen LogP contribution is -2.49. The molecule has 1 aliphatic heterocycles. The zero-order valence-corrected chi connectivity index (χ0v) is 12.6. The Bertz CT molecular complexity index is 622. The summed E-state index contributed by atoms with van der Waals surface area (Å²) in [7, 11) is 0. The minimum Gasteiger partial charge on any atom is -0.388 e. The second-order valence-corrected chi connectivity index (χ2v) is 6.35. The van der Waals surface area contributed by atoms with Crippen molar-refractivity contribution in [2.24, 2.45) is 0 Å². The molecule has 7 nitrogen and oxygen atoms in total. The van der Waals surface area contributed by atoms with E-state index >= 15 is 0 Å². The van der Waals surface area contributed by atoms with Crippen molar-refractivity contribution in [2.75, 3.05) is 13.1 Å². The number of carbonyl (C=O) groups is 1. The van der Waals surface area contributed by atoms with Crippen LogP contribution < -0.4 is 0 Å². The maximum atomic E-state index is 12.2. The van der Waals surface area contributed by atoms with E-state index in [1.807, 2.05) is 16.8 Å². The van der Waals surface area contributed by atoms with Crippen molar-refractivity contribution in [3.05, 3.63) is 16.8 Å². The van der Waals surface area contributed by atoms with Gasteiger partial charge in [0.25, 0.3) is 0 Å². The van der Waals surface area contributed by atoms with Crippen molar-refractivity contribution in [1.29, 1.82) is 0 Å².